The summed E-state index contributed by atoms with van der Waals surface area (Å²) in [5, 5.41) is 11.9. The molecule has 2 N–H and O–H groups in total. The molecule has 22 heavy (non-hydrogen) atoms. The summed E-state index contributed by atoms with van der Waals surface area (Å²) in [5.74, 6) is -0.146. The monoisotopic (exact) mass is 311 g/mol. The number of nitrogens with zero attached hydrogens (tertiary/aromatic N) is 1. The number of thiophene rings is 1. The molecule has 0 unspecified atom stereocenters. The van der Waals surface area contributed by atoms with Gasteiger partial charge < -0.3 is 5.32 Å². The molecular formula is C17H17N3OS. The first kappa shape index (κ1) is 14.5. The largest absolute Gasteiger partial charge is 0.350 e. The summed E-state index contributed by atoms with van der Waals surface area (Å²) >= 11 is 1.61. The summed E-state index contributed by atoms with van der Waals surface area (Å²) in [7, 11) is 0. The summed E-state index contributed by atoms with van der Waals surface area (Å²) in [6.45, 7) is 2.68. The third-order valence-electron chi connectivity index (χ3n) is 3.54. The van der Waals surface area contributed by atoms with Crippen molar-refractivity contribution in [2.75, 3.05) is 6.54 Å². The van der Waals surface area contributed by atoms with Crippen molar-refractivity contribution in [1.29, 1.82) is 0 Å². The molecule has 2 aromatic heterocycles. The number of benzene rings is 1. The summed E-state index contributed by atoms with van der Waals surface area (Å²) in [5.41, 5.74) is 3.80. The lowest BCUT2D eigenvalue weighted by Gasteiger charge is -2.06. The van der Waals surface area contributed by atoms with Crippen molar-refractivity contribution in [3.63, 3.8) is 0 Å². The van der Waals surface area contributed by atoms with Gasteiger partial charge in [0, 0.05) is 6.54 Å². The van der Waals surface area contributed by atoms with Gasteiger partial charge in [-0.25, -0.2) is 0 Å². The first-order chi connectivity index (χ1) is 10.7. The minimum absolute atomic E-state index is 0.146. The standard InChI is InChI=1S/C17H17N3OS/c1-12-5-2-3-6-13(12)8-9-18-17(21)15-11-14(19-20-15)16-7-4-10-22-16/h2-7,10-11H,8-9H2,1H3,(H,18,21)(H,19,20). The van der Waals surface area contributed by atoms with Crippen LogP contribution < -0.4 is 5.32 Å². The highest BCUT2D eigenvalue weighted by atomic mass is 32.1. The molecule has 0 spiro atoms. The molecule has 0 saturated heterocycles. The number of aromatic amines is 1. The van der Waals surface area contributed by atoms with Crippen molar-refractivity contribution in [2.45, 2.75) is 13.3 Å². The predicted molar refractivity (Wildman–Crippen MR) is 89.1 cm³/mol. The first-order valence-electron chi connectivity index (χ1n) is 7.16. The molecule has 0 aliphatic rings. The van der Waals surface area contributed by atoms with Gasteiger partial charge in [0.05, 0.1) is 10.6 Å². The van der Waals surface area contributed by atoms with Crippen LogP contribution in [0.3, 0.4) is 0 Å². The average molecular weight is 311 g/mol. The van der Waals surface area contributed by atoms with E-state index in [4.69, 9.17) is 0 Å². The van der Waals surface area contributed by atoms with E-state index in [9.17, 15) is 4.79 Å². The van der Waals surface area contributed by atoms with E-state index in [-0.39, 0.29) is 5.91 Å². The number of hydrogen-bond acceptors (Lipinski definition) is 3. The highest BCUT2D eigenvalue weighted by Crippen LogP contribution is 2.22. The maximum atomic E-state index is 12.1. The van der Waals surface area contributed by atoms with E-state index in [1.54, 1.807) is 17.4 Å². The molecule has 3 rings (SSSR count). The third kappa shape index (κ3) is 3.26. The smallest absolute Gasteiger partial charge is 0.271 e. The number of amides is 1. The Morgan fingerprint density at radius 2 is 2.14 bits per heavy atom. The molecular weight excluding hydrogens is 294 g/mol. The Kier molecular flexibility index (Phi) is 4.34. The van der Waals surface area contributed by atoms with Gasteiger partial charge in [-0.05, 0) is 42.0 Å². The van der Waals surface area contributed by atoms with Gasteiger partial charge in [0.2, 0.25) is 0 Å². The highest BCUT2D eigenvalue weighted by molar-refractivity contribution is 7.13. The topological polar surface area (TPSA) is 57.8 Å². The fraction of sp³-hybridized carbons (Fsp3) is 0.176. The van der Waals surface area contributed by atoms with Gasteiger partial charge in [-0.3, -0.25) is 9.89 Å². The molecule has 112 valence electrons. The van der Waals surface area contributed by atoms with Gasteiger partial charge in [-0.1, -0.05) is 30.3 Å². The van der Waals surface area contributed by atoms with Gasteiger partial charge in [0.25, 0.3) is 5.91 Å². The number of rotatable bonds is 5. The minimum atomic E-state index is -0.146. The summed E-state index contributed by atoms with van der Waals surface area (Å²) in [4.78, 5) is 13.2. The van der Waals surface area contributed by atoms with E-state index in [0.29, 0.717) is 12.2 Å². The number of aromatic nitrogens is 2. The van der Waals surface area contributed by atoms with Crippen molar-refractivity contribution in [3.8, 4) is 10.6 Å². The zero-order valence-corrected chi connectivity index (χ0v) is 13.1. The zero-order valence-electron chi connectivity index (χ0n) is 12.3. The predicted octanol–water partition coefficient (Wildman–Crippen LogP) is 3.42. The van der Waals surface area contributed by atoms with Crippen molar-refractivity contribution in [1.82, 2.24) is 15.5 Å². The average Bonchev–Trinajstić information content (AvgIpc) is 3.20. The fourth-order valence-corrected chi connectivity index (χ4v) is 2.98. The van der Waals surface area contributed by atoms with E-state index < -0.39 is 0 Å². The van der Waals surface area contributed by atoms with Gasteiger partial charge in [-0.15, -0.1) is 11.3 Å². The second kappa shape index (κ2) is 6.58. The van der Waals surface area contributed by atoms with E-state index in [2.05, 4.69) is 34.6 Å². The van der Waals surface area contributed by atoms with Gasteiger partial charge in [0.15, 0.2) is 5.69 Å². The lowest BCUT2D eigenvalue weighted by Crippen LogP contribution is -2.26. The number of aryl methyl sites for hydroxylation is 1. The molecule has 0 aliphatic carbocycles. The lowest BCUT2D eigenvalue weighted by molar-refractivity contribution is 0.0949. The molecule has 4 nitrogen and oxygen atoms in total. The molecule has 1 amide bonds. The van der Waals surface area contributed by atoms with Crippen LogP contribution in [-0.2, 0) is 6.42 Å². The molecule has 0 bridgehead atoms. The Bertz CT molecular complexity index is 762. The quantitative estimate of drug-likeness (QED) is 0.758. The lowest BCUT2D eigenvalue weighted by atomic mass is 10.1. The molecule has 0 fully saturated rings. The van der Waals surface area contributed by atoms with Crippen LogP contribution >= 0.6 is 11.3 Å². The number of H-pyrrole nitrogens is 1. The molecule has 3 aromatic rings. The van der Waals surface area contributed by atoms with E-state index >= 15 is 0 Å². The Balaban J connectivity index is 1.57. The molecule has 1 aromatic carbocycles. The Hall–Kier alpha value is -2.40. The van der Waals surface area contributed by atoms with Crippen molar-refractivity contribution >= 4 is 17.2 Å². The maximum Gasteiger partial charge on any atom is 0.271 e. The van der Waals surface area contributed by atoms with Crippen LogP contribution in [0.5, 0.6) is 0 Å². The second-order valence-corrected chi connectivity index (χ2v) is 6.02. The molecule has 5 heteroatoms. The number of nitrogens with one attached hydrogen (secondary N) is 2. The molecule has 2 heterocycles. The number of carbonyl (C=O) groups is 1. The first-order valence-corrected chi connectivity index (χ1v) is 8.04. The van der Waals surface area contributed by atoms with Gasteiger partial charge >= 0.3 is 0 Å². The van der Waals surface area contributed by atoms with Crippen LogP contribution in [0.25, 0.3) is 10.6 Å². The summed E-state index contributed by atoms with van der Waals surface area (Å²) in [6, 6.07) is 14.0. The van der Waals surface area contributed by atoms with Gasteiger partial charge in [0.1, 0.15) is 0 Å². The summed E-state index contributed by atoms with van der Waals surface area (Å²) < 4.78 is 0. The van der Waals surface area contributed by atoms with Crippen LogP contribution in [-0.4, -0.2) is 22.6 Å². The minimum Gasteiger partial charge on any atom is -0.350 e. The van der Waals surface area contributed by atoms with Crippen LogP contribution in [0.4, 0.5) is 0 Å². The Labute approximate surface area is 133 Å². The fourth-order valence-electron chi connectivity index (χ4n) is 2.29. The molecule has 0 atom stereocenters. The maximum absolute atomic E-state index is 12.1. The highest BCUT2D eigenvalue weighted by Gasteiger charge is 2.11. The third-order valence-corrected chi connectivity index (χ3v) is 4.44. The van der Waals surface area contributed by atoms with Crippen molar-refractivity contribution in [3.05, 3.63) is 64.7 Å². The number of carbonyl (C=O) groups excluding carboxylic acids is 1. The van der Waals surface area contributed by atoms with Crippen LogP contribution in [0, 0.1) is 6.92 Å². The Morgan fingerprint density at radius 3 is 2.91 bits per heavy atom. The van der Waals surface area contributed by atoms with Crippen LogP contribution in [0.15, 0.2) is 47.8 Å². The van der Waals surface area contributed by atoms with Crippen LogP contribution in [0.1, 0.15) is 21.6 Å². The van der Waals surface area contributed by atoms with E-state index in [1.807, 2.05) is 29.6 Å². The number of hydrogen-bond donors (Lipinski definition) is 2. The van der Waals surface area contributed by atoms with Crippen molar-refractivity contribution < 1.29 is 4.79 Å². The molecule has 0 aliphatic heterocycles. The van der Waals surface area contributed by atoms with Crippen LogP contribution in [0.2, 0.25) is 0 Å². The second-order valence-electron chi connectivity index (χ2n) is 5.08. The van der Waals surface area contributed by atoms with Gasteiger partial charge in [-0.2, -0.15) is 5.10 Å². The SMILES string of the molecule is Cc1ccccc1CCNC(=O)c1cc(-c2cccs2)[nH]n1. The Morgan fingerprint density at radius 1 is 1.27 bits per heavy atom. The van der Waals surface area contributed by atoms with E-state index in [1.165, 1.54) is 11.1 Å². The normalized spacial score (nSPS) is 10.6. The summed E-state index contributed by atoms with van der Waals surface area (Å²) in [6.07, 6.45) is 0.820. The van der Waals surface area contributed by atoms with Crippen molar-refractivity contribution in [2.24, 2.45) is 0 Å². The van der Waals surface area contributed by atoms with E-state index in [0.717, 1.165) is 17.0 Å². The molecule has 0 saturated carbocycles. The zero-order chi connectivity index (χ0) is 15.4. The molecule has 0 radical (unpaired) electrons.